The lowest BCUT2D eigenvalue weighted by atomic mass is 10.1. The average molecular weight is 301 g/mol. The molecule has 0 spiro atoms. The van der Waals surface area contributed by atoms with Crippen molar-refractivity contribution in [2.75, 3.05) is 14.1 Å². The van der Waals surface area contributed by atoms with E-state index in [0.717, 1.165) is 0 Å². The fraction of sp³-hybridized carbons (Fsp3) is 1.00. The fourth-order valence-corrected chi connectivity index (χ4v) is 2.96. The summed E-state index contributed by atoms with van der Waals surface area (Å²) in [7, 11) is 2.52. The first-order valence-electron chi connectivity index (χ1n) is 3.92. The van der Waals surface area contributed by atoms with Gasteiger partial charge in [-0.1, -0.05) is 34.8 Å². The quantitative estimate of drug-likeness (QED) is 0.557. The van der Waals surface area contributed by atoms with Gasteiger partial charge in [-0.05, 0) is 39.2 Å². The summed E-state index contributed by atoms with van der Waals surface area (Å²) in [5, 5.41) is 0. The second-order valence-electron chi connectivity index (χ2n) is 3.72. The SMILES string of the molecule is CN(C)P(Cl)OC(C)(C)CC(Cl)(Cl)Cl. The highest BCUT2D eigenvalue weighted by Gasteiger charge is 2.34. The summed E-state index contributed by atoms with van der Waals surface area (Å²) in [4.78, 5) is 0. The van der Waals surface area contributed by atoms with Crippen molar-refractivity contribution in [2.45, 2.75) is 29.7 Å². The molecule has 0 aliphatic rings. The molecule has 0 amide bonds. The van der Waals surface area contributed by atoms with E-state index in [0.29, 0.717) is 6.42 Å². The van der Waals surface area contributed by atoms with Gasteiger partial charge in [0.2, 0.25) is 7.65 Å². The van der Waals surface area contributed by atoms with Crippen molar-refractivity contribution < 1.29 is 4.52 Å². The van der Waals surface area contributed by atoms with E-state index in [9.17, 15) is 0 Å². The number of rotatable bonds is 4. The molecule has 0 heterocycles. The van der Waals surface area contributed by atoms with Gasteiger partial charge in [-0.3, -0.25) is 4.67 Å². The molecule has 2 nitrogen and oxygen atoms in total. The zero-order valence-corrected chi connectivity index (χ0v) is 12.4. The third-order valence-corrected chi connectivity index (χ3v) is 4.05. The van der Waals surface area contributed by atoms with Crippen LogP contribution in [0, 0.1) is 0 Å². The molecule has 7 heteroatoms. The Hall–Kier alpha value is 1.51. The minimum atomic E-state index is -1.32. The lowest BCUT2D eigenvalue weighted by molar-refractivity contribution is 0.114. The summed E-state index contributed by atoms with van der Waals surface area (Å²) in [6.45, 7) is 3.69. The summed E-state index contributed by atoms with van der Waals surface area (Å²) in [6.07, 6.45) is 0.296. The predicted molar refractivity (Wildman–Crippen MR) is 66.5 cm³/mol. The molecule has 86 valence electrons. The van der Waals surface area contributed by atoms with E-state index in [4.69, 9.17) is 50.6 Å². The van der Waals surface area contributed by atoms with Gasteiger partial charge in [-0.25, -0.2) is 0 Å². The second kappa shape index (κ2) is 5.72. The zero-order chi connectivity index (χ0) is 11.6. The minimum Gasteiger partial charge on any atom is -0.325 e. The molecule has 0 fully saturated rings. The van der Waals surface area contributed by atoms with E-state index >= 15 is 0 Å². The molecule has 14 heavy (non-hydrogen) atoms. The van der Waals surface area contributed by atoms with E-state index in [2.05, 4.69) is 0 Å². The van der Waals surface area contributed by atoms with Crippen LogP contribution in [0.15, 0.2) is 0 Å². The molecule has 0 aliphatic heterocycles. The Morgan fingerprint density at radius 3 is 1.93 bits per heavy atom. The number of alkyl halides is 3. The van der Waals surface area contributed by atoms with Crippen LogP contribution in [0.1, 0.15) is 20.3 Å². The Morgan fingerprint density at radius 2 is 1.64 bits per heavy atom. The van der Waals surface area contributed by atoms with Gasteiger partial charge in [0, 0.05) is 6.42 Å². The molecule has 0 aromatic rings. The van der Waals surface area contributed by atoms with Crippen molar-refractivity contribution in [3.05, 3.63) is 0 Å². The maximum atomic E-state index is 5.97. The van der Waals surface area contributed by atoms with E-state index in [-0.39, 0.29) is 0 Å². The van der Waals surface area contributed by atoms with Crippen LogP contribution < -0.4 is 0 Å². The van der Waals surface area contributed by atoms with Gasteiger partial charge in [0.1, 0.15) is 0 Å². The highest BCUT2D eigenvalue weighted by atomic mass is 35.7. The number of hydrogen-bond donors (Lipinski definition) is 0. The minimum absolute atomic E-state index is 0.296. The van der Waals surface area contributed by atoms with Crippen LogP contribution in [0.3, 0.4) is 0 Å². The van der Waals surface area contributed by atoms with Gasteiger partial charge in [-0.2, -0.15) is 0 Å². The third kappa shape index (κ3) is 7.76. The molecule has 0 aromatic heterocycles. The van der Waals surface area contributed by atoms with Gasteiger partial charge in [0.05, 0.1) is 5.60 Å². The van der Waals surface area contributed by atoms with E-state index in [1.807, 2.05) is 27.9 Å². The Balaban J connectivity index is 4.20. The monoisotopic (exact) mass is 299 g/mol. The largest absolute Gasteiger partial charge is 0.325 e. The Labute approximate surface area is 106 Å². The standard InChI is InChI=1S/C7H14Cl4NOP/c1-6(2,5-7(8,9)10)13-14(11)12(3)4/h5H2,1-4H3. The first kappa shape index (κ1) is 15.5. The Bertz CT molecular complexity index is 183. The van der Waals surface area contributed by atoms with E-state index in [1.165, 1.54) is 0 Å². The van der Waals surface area contributed by atoms with Crippen molar-refractivity contribution in [1.29, 1.82) is 0 Å². The van der Waals surface area contributed by atoms with Gasteiger partial charge < -0.3 is 4.52 Å². The lowest BCUT2D eigenvalue weighted by Crippen LogP contribution is -2.29. The molecule has 0 aromatic carbocycles. The molecule has 0 saturated heterocycles. The molecule has 0 aliphatic carbocycles. The van der Waals surface area contributed by atoms with Crippen LogP contribution in [0.5, 0.6) is 0 Å². The molecule has 0 rings (SSSR count). The van der Waals surface area contributed by atoms with Crippen LogP contribution >= 0.6 is 53.7 Å². The van der Waals surface area contributed by atoms with Crippen LogP contribution in [0.2, 0.25) is 0 Å². The van der Waals surface area contributed by atoms with Crippen molar-refractivity contribution in [2.24, 2.45) is 0 Å². The van der Waals surface area contributed by atoms with E-state index < -0.39 is 17.0 Å². The predicted octanol–water partition coefficient (Wildman–Crippen LogP) is 4.57. The molecule has 0 bridgehead atoms. The maximum absolute atomic E-state index is 5.97. The third-order valence-electron chi connectivity index (χ3n) is 1.26. The average Bonchev–Trinajstić information content (AvgIpc) is 1.78. The van der Waals surface area contributed by atoms with Gasteiger partial charge in [0.15, 0.2) is 3.79 Å². The molecule has 1 unspecified atom stereocenters. The number of nitrogens with zero attached hydrogens (tertiary/aromatic N) is 1. The summed E-state index contributed by atoms with van der Waals surface area (Å²) in [6, 6.07) is 0. The smallest absolute Gasteiger partial charge is 0.206 e. The van der Waals surface area contributed by atoms with Crippen LogP contribution in [-0.2, 0) is 4.52 Å². The normalized spacial score (nSPS) is 16.1. The van der Waals surface area contributed by atoms with Gasteiger partial charge in [0.25, 0.3) is 0 Å². The van der Waals surface area contributed by atoms with Crippen molar-refractivity contribution in [3.63, 3.8) is 0 Å². The summed E-state index contributed by atoms with van der Waals surface area (Å²) in [5.41, 5.74) is -0.553. The zero-order valence-electron chi connectivity index (χ0n) is 8.52. The second-order valence-corrected chi connectivity index (χ2v) is 8.54. The van der Waals surface area contributed by atoms with Gasteiger partial charge in [-0.15, -0.1) is 0 Å². The Morgan fingerprint density at radius 1 is 1.21 bits per heavy atom. The Kier molecular flexibility index (Phi) is 6.34. The van der Waals surface area contributed by atoms with Crippen LogP contribution in [-0.4, -0.2) is 28.2 Å². The summed E-state index contributed by atoms with van der Waals surface area (Å²) >= 11 is 23.0. The highest BCUT2D eigenvalue weighted by molar-refractivity contribution is 7.78. The van der Waals surface area contributed by atoms with E-state index in [1.54, 1.807) is 4.67 Å². The molecule has 0 N–H and O–H groups in total. The molecular weight excluding hydrogens is 287 g/mol. The fourth-order valence-electron chi connectivity index (χ4n) is 0.801. The lowest BCUT2D eigenvalue weighted by Gasteiger charge is -2.32. The number of halogens is 4. The molecule has 0 radical (unpaired) electrons. The first-order chi connectivity index (χ1) is 6.03. The van der Waals surface area contributed by atoms with Gasteiger partial charge >= 0.3 is 0 Å². The number of hydrogen-bond acceptors (Lipinski definition) is 2. The summed E-state index contributed by atoms with van der Waals surface area (Å²) < 4.78 is 6.05. The van der Waals surface area contributed by atoms with Crippen molar-refractivity contribution in [1.82, 2.24) is 4.67 Å². The van der Waals surface area contributed by atoms with Crippen LogP contribution in [0.4, 0.5) is 0 Å². The molecular formula is C7H14Cl4NOP. The highest BCUT2D eigenvalue weighted by Crippen LogP contribution is 2.50. The summed E-state index contributed by atoms with van der Waals surface area (Å²) in [5.74, 6) is 0. The maximum Gasteiger partial charge on any atom is 0.206 e. The topological polar surface area (TPSA) is 12.5 Å². The first-order valence-corrected chi connectivity index (χ1v) is 7.18. The van der Waals surface area contributed by atoms with Crippen molar-refractivity contribution >= 4 is 53.7 Å². The van der Waals surface area contributed by atoms with Crippen molar-refractivity contribution in [3.8, 4) is 0 Å². The van der Waals surface area contributed by atoms with Crippen LogP contribution in [0.25, 0.3) is 0 Å². The molecule has 1 atom stereocenters. The molecule has 0 saturated carbocycles.